The van der Waals surface area contributed by atoms with Crippen molar-refractivity contribution in [1.82, 2.24) is 15.0 Å². The lowest BCUT2D eigenvalue weighted by atomic mass is 10.4. The molecule has 8 nitrogen and oxygen atoms in total. The Morgan fingerprint density at radius 1 is 1.58 bits per heavy atom. The molecule has 0 aliphatic carbocycles. The second-order valence-corrected chi connectivity index (χ2v) is 3.41. The van der Waals surface area contributed by atoms with Crippen molar-refractivity contribution in [3.8, 4) is 0 Å². The van der Waals surface area contributed by atoms with Crippen LogP contribution in [0.5, 0.6) is 0 Å². The Balaban J connectivity index is 2.28. The van der Waals surface area contributed by atoms with Crippen molar-refractivity contribution in [3.05, 3.63) is 22.6 Å². The van der Waals surface area contributed by atoms with Gasteiger partial charge in [0.2, 0.25) is 12.2 Å². The number of halogens is 3. The van der Waals surface area contributed by atoms with Gasteiger partial charge in [-0.05, 0) is 9.91 Å². The van der Waals surface area contributed by atoms with E-state index in [2.05, 4.69) is 9.82 Å². The summed E-state index contributed by atoms with van der Waals surface area (Å²) < 4.78 is 36.3. The SMILES string of the molecule is O=C(CCn1cnc([N+](=O)[O-])c1)NOCC(F)(F)F. The maximum atomic E-state index is 11.7. The molecular formula is C8H9F3N4O4. The largest absolute Gasteiger partial charge is 0.414 e. The van der Waals surface area contributed by atoms with E-state index in [1.54, 1.807) is 5.48 Å². The van der Waals surface area contributed by atoms with Gasteiger partial charge in [0.25, 0.3) is 0 Å². The summed E-state index contributed by atoms with van der Waals surface area (Å²) in [5.41, 5.74) is 1.61. The van der Waals surface area contributed by atoms with Gasteiger partial charge in [-0.25, -0.2) is 5.48 Å². The van der Waals surface area contributed by atoms with Crippen molar-refractivity contribution in [2.45, 2.75) is 19.1 Å². The fourth-order valence-electron chi connectivity index (χ4n) is 1.04. The smallest absolute Gasteiger partial charge is 0.358 e. The number of nitrogens with zero attached hydrogens (tertiary/aromatic N) is 3. The number of hydrogen-bond acceptors (Lipinski definition) is 5. The third-order valence-electron chi connectivity index (χ3n) is 1.83. The van der Waals surface area contributed by atoms with Crippen LogP contribution in [0.1, 0.15) is 6.42 Å². The number of amides is 1. The third-order valence-corrected chi connectivity index (χ3v) is 1.83. The molecule has 0 bridgehead atoms. The fraction of sp³-hybridized carbons (Fsp3) is 0.500. The molecule has 0 aliphatic heterocycles. The number of hydrogen-bond donors (Lipinski definition) is 1. The second kappa shape index (κ2) is 6.13. The third kappa shape index (κ3) is 5.81. The number of alkyl halides is 3. The quantitative estimate of drug-likeness (QED) is 0.614. The van der Waals surface area contributed by atoms with E-state index in [9.17, 15) is 28.1 Å². The number of hydroxylamine groups is 1. The van der Waals surface area contributed by atoms with E-state index in [0.29, 0.717) is 0 Å². The first-order valence-corrected chi connectivity index (χ1v) is 4.91. The minimum Gasteiger partial charge on any atom is -0.358 e. The number of rotatable bonds is 6. The zero-order chi connectivity index (χ0) is 14.5. The second-order valence-electron chi connectivity index (χ2n) is 3.41. The molecule has 0 aliphatic rings. The Morgan fingerprint density at radius 2 is 2.26 bits per heavy atom. The maximum absolute atomic E-state index is 11.7. The fourth-order valence-corrected chi connectivity index (χ4v) is 1.04. The van der Waals surface area contributed by atoms with Crippen LogP contribution in [0.4, 0.5) is 19.0 Å². The first kappa shape index (κ1) is 14.9. The lowest BCUT2D eigenvalue weighted by Crippen LogP contribution is -2.29. The van der Waals surface area contributed by atoms with Crippen LogP contribution in [0.2, 0.25) is 0 Å². The standard InChI is InChI=1S/C8H9F3N4O4/c9-8(10,11)4-19-13-7(16)1-2-14-3-6(12-5-14)15(17)18/h3,5H,1-2,4H2,(H,13,16). The molecule has 0 fully saturated rings. The first-order valence-electron chi connectivity index (χ1n) is 4.91. The summed E-state index contributed by atoms with van der Waals surface area (Å²) >= 11 is 0. The van der Waals surface area contributed by atoms with Crippen molar-refractivity contribution < 1.29 is 27.7 Å². The van der Waals surface area contributed by atoms with Crippen LogP contribution in [0.25, 0.3) is 0 Å². The molecule has 0 atom stereocenters. The van der Waals surface area contributed by atoms with E-state index >= 15 is 0 Å². The molecule has 0 aromatic carbocycles. The number of carbonyl (C=O) groups is 1. The van der Waals surface area contributed by atoms with Crippen molar-refractivity contribution in [1.29, 1.82) is 0 Å². The zero-order valence-electron chi connectivity index (χ0n) is 9.38. The number of aromatic nitrogens is 2. The summed E-state index contributed by atoms with van der Waals surface area (Å²) in [6.45, 7) is -1.56. The molecule has 1 amide bonds. The predicted octanol–water partition coefficient (Wildman–Crippen LogP) is 0.791. The van der Waals surface area contributed by atoms with E-state index in [4.69, 9.17) is 0 Å². The van der Waals surface area contributed by atoms with E-state index in [0.717, 1.165) is 12.5 Å². The van der Waals surface area contributed by atoms with Crippen LogP contribution in [0.3, 0.4) is 0 Å². The average Bonchev–Trinajstić information content (AvgIpc) is 2.73. The molecule has 1 aromatic rings. The zero-order valence-corrected chi connectivity index (χ0v) is 9.38. The Hall–Kier alpha value is -2.17. The molecule has 0 saturated heterocycles. The van der Waals surface area contributed by atoms with E-state index in [1.165, 1.54) is 4.57 Å². The van der Waals surface area contributed by atoms with Gasteiger partial charge in [-0.3, -0.25) is 9.63 Å². The van der Waals surface area contributed by atoms with Gasteiger partial charge >= 0.3 is 12.0 Å². The summed E-state index contributed by atoms with van der Waals surface area (Å²) in [4.78, 5) is 28.1. The summed E-state index contributed by atoms with van der Waals surface area (Å²) in [5.74, 6) is -1.16. The summed E-state index contributed by atoms with van der Waals surface area (Å²) in [7, 11) is 0. The van der Waals surface area contributed by atoms with E-state index in [-0.39, 0.29) is 18.8 Å². The van der Waals surface area contributed by atoms with Crippen LogP contribution < -0.4 is 5.48 Å². The van der Waals surface area contributed by atoms with Gasteiger partial charge < -0.3 is 14.7 Å². The molecule has 1 aromatic heterocycles. The lowest BCUT2D eigenvalue weighted by Gasteiger charge is -2.08. The molecule has 0 radical (unpaired) electrons. The highest BCUT2D eigenvalue weighted by Gasteiger charge is 2.28. The van der Waals surface area contributed by atoms with Crippen LogP contribution >= 0.6 is 0 Å². The van der Waals surface area contributed by atoms with Gasteiger partial charge in [-0.15, -0.1) is 0 Å². The highest BCUT2D eigenvalue weighted by Crippen LogP contribution is 2.13. The first-order chi connectivity index (χ1) is 8.78. The van der Waals surface area contributed by atoms with Gasteiger partial charge in [0.1, 0.15) is 6.20 Å². The van der Waals surface area contributed by atoms with E-state index < -0.39 is 23.6 Å². The number of nitro groups is 1. The Bertz CT molecular complexity index is 459. The number of aryl methyl sites for hydroxylation is 1. The van der Waals surface area contributed by atoms with Crippen LogP contribution in [-0.4, -0.2) is 33.2 Å². The molecule has 1 rings (SSSR count). The molecule has 19 heavy (non-hydrogen) atoms. The predicted molar refractivity (Wildman–Crippen MR) is 53.6 cm³/mol. The van der Waals surface area contributed by atoms with Gasteiger partial charge in [0, 0.05) is 13.0 Å². The normalized spacial score (nSPS) is 11.3. The Kier molecular flexibility index (Phi) is 4.80. The monoisotopic (exact) mass is 282 g/mol. The molecule has 1 N–H and O–H groups in total. The highest BCUT2D eigenvalue weighted by atomic mass is 19.4. The van der Waals surface area contributed by atoms with E-state index in [1.807, 2.05) is 0 Å². The molecule has 0 spiro atoms. The summed E-state index contributed by atoms with van der Waals surface area (Å²) in [6.07, 6.45) is -2.49. The summed E-state index contributed by atoms with van der Waals surface area (Å²) in [5, 5.41) is 10.3. The average molecular weight is 282 g/mol. The molecule has 1 heterocycles. The maximum Gasteiger partial charge on any atom is 0.414 e. The Morgan fingerprint density at radius 3 is 2.79 bits per heavy atom. The lowest BCUT2D eigenvalue weighted by molar-refractivity contribution is -0.389. The van der Waals surface area contributed by atoms with Crippen LogP contribution in [-0.2, 0) is 16.2 Å². The highest BCUT2D eigenvalue weighted by molar-refractivity contribution is 5.74. The van der Waals surface area contributed by atoms with Crippen molar-refractivity contribution >= 4 is 11.7 Å². The number of nitrogens with one attached hydrogen (secondary N) is 1. The molecule has 11 heteroatoms. The van der Waals surface area contributed by atoms with Gasteiger partial charge in [-0.2, -0.15) is 13.2 Å². The van der Waals surface area contributed by atoms with Crippen molar-refractivity contribution in [2.24, 2.45) is 0 Å². The van der Waals surface area contributed by atoms with Gasteiger partial charge in [-0.1, -0.05) is 0 Å². The molecule has 0 saturated carbocycles. The Labute approximate surface area is 104 Å². The minimum absolute atomic E-state index is 0.0298. The minimum atomic E-state index is -4.53. The number of imidazole rings is 1. The number of carbonyl (C=O) groups excluding carboxylic acids is 1. The van der Waals surface area contributed by atoms with Gasteiger partial charge in [0.05, 0.1) is 0 Å². The van der Waals surface area contributed by atoms with Crippen LogP contribution in [0.15, 0.2) is 12.5 Å². The summed E-state index contributed by atoms with van der Waals surface area (Å²) in [6, 6.07) is 0. The van der Waals surface area contributed by atoms with Crippen molar-refractivity contribution in [2.75, 3.05) is 6.61 Å². The van der Waals surface area contributed by atoms with Crippen molar-refractivity contribution in [3.63, 3.8) is 0 Å². The molecule has 0 unspecified atom stereocenters. The molecule has 106 valence electrons. The molecular weight excluding hydrogens is 273 g/mol. The van der Waals surface area contributed by atoms with Gasteiger partial charge in [0.15, 0.2) is 6.61 Å². The topological polar surface area (TPSA) is 99.3 Å². The van der Waals surface area contributed by atoms with Crippen LogP contribution in [0, 0.1) is 10.1 Å².